The molecule has 0 radical (unpaired) electrons. The van der Waals surface area contributed by atoms with Crippen molar-refractivity contribution in [2.75, 3.05) is 0 Å². The van der Waals surface area contributed by atoms with E-state index >= 15 is 0 Å². The van der Waals surface area contributed by atoms with Crippen molar-refractivity contribution in [3.8, 4) is 17.1 Å². The Morgan fingerprint density at radius 2 is 1.90 bits per heavy atom. The molecular weight excluding hydrogens is 400 g/mol. The van der Waals surface area contributed by atoms with Crippen LogP contribution in [0.3, 0.4) is 0 Å². The summed E-state index contributed by atoms with van der Waals surface area (Å²) >= 11 is 5.87. The van der Waals surface area contributed by atoms with Crippen LogP contribution in [0.1, 0.15) is 16.9 Å². The summed E-state index contributed by atoms with van der Waals surface area (Å²) in [6.45, 7) is 1.88. The molecule has 0 spiro atoms. The Bertz CT molecular complexity index is 1180. The zero-order valence-electron chi connectivity index (χ0n) is 16.2. The molecule has 0 unspecified atom stereocenters. The van der Waals surface area contributed by atoms with Gasteiger partial charge in [0.2, 0.25) is 5.91 Å². The van der Waals surface area contributed by atoms with E-state index in [9.17, 15) is 4.79 Å². The quantitative estimate of drug-likeness (QED) is 0.361. The van der Waals surface area contributed by atoms with Gasteiger partial charge in [0.05, 0.1) is 18.3 Å². The van der Waals surface area contributed by atoms with E-state index in [0.29, 0.717) is 16.5 Å². The lowest BCUT2D eigenvalue weighted by molar-refractivity contribution is -0.120. The van der Waals surface area contributed by atoms with Crippen LogP contribution in [0.4, 0.5) is 0 Å². The van der Waals surface area contributed by atoms with E-state index in [1.54, 1.807) is 23.0 Å². The minimum Gasteiger partial charge on any atom is -0.460 e. The van der Waals surface area contributed by atoms with E-state index in [-0.39, 0.29) is 12.3 Å². The molecule has 0 saturated heterocycles. The van der Waals surface area contributed by atoms with Gasteiger partial charge in [-0.2, -0.15) is 10.2 Å². The monoisotopic (exact) mass is 418 g/mol. The zero-order chi connectivity index (χ0) is 20.9. The molecule has 2 heterocycles. The lowest BCUT2D eigenvalue weighted by Gasteiger charge is -2.00. The third-order valence-electron chi connectivity index (χ3n) is 4.41. The third kappa shape index (κ3) is 4.67. The molecule has 0 aliphatic rings. The summed E-state index contributed by atoms with van der Waals surface area (Å²) in [6, 6.07) is 20.6. The number of hydrogen-bond donors (Lipinski definition) is 1. The Kier molecular flexibility index (Phi) is 5.77. The number of aryl methyl sites for hydroxylation is 1. The Morgan fingerprint density at radius 1 is 1.13 bits per heavy atom. The summed E-state index contributed by atoms with van der Waals surface area (Å²) in [4.78, 5) is 12.2. The number of carbonyl (C=O) groups excluding carboxylic acids is 1. The average Bonchev–Trinajstić information content (AvgIpc) is 3.37. The van der Waals surface area contributed by atoms with Gasteiger partial charge in [0.15, 0.2) is 5.76 Å². The van der Waals surface area contributed by atoms with Crippen molar-refractivity contribution in [3.05, 3.63) is 94.8 Å². The van der Waals surface area contributed by atoms with Crippen LogP contribution in [0.15, 0.2) is 82.4 Å². The second-order valence-electron chi connectivity index (χ2n) is 6.72. The molecule has 0 aliphatic heterocycles. The zero-order valence-corrected chi connectivity index (χ0v) is 17.0. The lowest BCUT2D eigenvalue weighted by atomic mass is 10.1. The van der Waals surface area contributed by atoms with Crippen molar-refractivity contribution in [3.63, 3.8) is 0 Å². The van der Waals surface area contributed by atoms with Gasteiger partial charge in [0.25, 0.3) is 0 Å². The molecule has 2 aromatic carbocycles. The fourth-order valence-corrected chi connectivity index (χ4v) is 3.08. The molecular formula is C23H19ClN4O2. The predicted molar refractivity (Wildman–Crippen MR) is 117 cm³/mol. The van der Waals surface area contributed by atoms with E-state index in [0.717, 1.165) is 22.6 Å². The summed E-state index contributed by atoms with van der Waals surface area (Å²) in [5.41, 5.74) is 5.69. The van der Waals surface area contributed by atoms with E-state index in [4.69, 9.17) is 16.0 Å². The first kappa shape index (κ1) is 19.7. The van der Waals surface area contributed by atoms with Crippen LogP contribution >= 0.6 is 11.6 Å². The number of rotatable bonds is 6. The molecule has 1 amide bonds. The van der Waals surface area contributed by atoms with Gasteiger partial charge < -0.3 is 4.42 Å². The number of aromatic nitrogens is 2. The van der Waals surface area contributed by atoms with Gasteiger partial charge in [-0.25, -0.2) is 10.1 Å². The number of furan rings is 1. The van der Waals surface area contributed by atoms with Crippen LogP contribution in [-0.2, 0) is 11.2 Å². The summed E-state index contributed by atoms with van der Waals surface area (Å²) in [6.07, 6.45) is 3.62. The van der Waals surface area contributed by atoms with Crippen molar-refractivity contribution in [1.82, 2.24) is 15.2 Å². The molecule has 0 fully saturated rings. The van der Waals surface area contributed by atoms with E-state index in [1.807, 2.05) is 67.7 Å². The van der Waals surface area contributed by atoms with Gasteiger partial charge in [-0.1, -0.05) is 41.9 Å². The fraction of sp³-hybridized carbons (Fsp3) is 0.0870. The number of hydrogen-bond acceptors (Lipinski definition) is 4. The molecule has 7 heteroatoms. The fourth-order valence-electron chi connectivity index (χ4n) is 2.95. The molecule has 4 aromatic rings. The van der Waals surface area contributed by atoms with Gasteiger partial charge in [-0.3, -0.25) is 4.79 Å². The van der Waals surface area contributed by atoms with Crippen molar-refractivity contribution < 1.29 is 9.21 Å². The van der Waals surface area contributed by atoms with Crippen LogP contribution < -0.4 is 5.43 Å². The number of benzene rings is 2. The SMILES string of the molecule is Cc1ccc(-c2nn(-c3ccccc3)cc2/C=N\NC(=O)Cc2ccc(Cl)cc2)o1. The van der Waals surface area contributed by atoms with Crippen molar-refractivity contribution in [2.45, 2.75) is 13.3 Å². The van der Waals surface area contributed by atoms with Gasteiger partial charge in [-0.15, -0.1) is 0 Å². The average molecular weight is 419 g/mol. The Morgan fingerprint density at radius 3 is 2.60 bits per heavy atom. The minimum absolute atomic E-state index is 0.210. The van der Waals surface area contributed by atoms with Crippen LogP contribution in [0.5, 0.6) is 0 Å². The maximum Gasteiger partial charge on any atom is 0.244 e. The third-order valence-corrected chi connectivity index (χ3v) is 4.66. The number of amides is 1. The summed E-state index contributed by atoms with van der Waals surface area (Å²) < 4.78 is 7.49. The van der Waals surface area contributed by atoms with E-state index < -0.39 is 0 Å². The first-order valence-corrected chi connectivity index (χ1v) is 9.74. The number of para-hydroxylation sites is 1. The van der Waals surface area contributed by atoms with Crippen LogP contribution in [0.2, 0.25) is 5.02 Å². The number of halogens is 1. The molecule has 0 atom stereocenters. The molecule has 0 aliphatic carbocycles. The highest BCUT2D eigenvalue weighted by Crippen LogP contribution is 2.24. The summed E-state index contributed by atoms with van der Waals surface area (Å²) in [7, 11) is 0. The molecule has 0 bridgehead atoms. The van der Waals surface area contributed by atoms with Gasteiger partial charge in [0, 0.05) is 16.8 Å². The summed E-state index contributed by atoms with van der Waals surface area (Å²) in [5.74, 6) is 1.20. The highest BCUT2D eigenvalue weighted by Gasteiger charge is 2.14. The minimum atomic E-state index is -0.223. The molecule has 6 nitrogen and oxygen atoms in total. The van der Waals surface area contributed by atoms with Crippen molar-refractivity contribution in [1.29, 1.82) is 0 Å². The van der Waals surface area contributed by atoms with Gasteiger partial charge in [-0.05, 0) is 48.9 Å². The van der Waals surface area contributed by atoms with E-state index in [2.05, 4.69) is 15.6 Å². The van der Waals surface area contributed by atoms with Crippen molar-refractivity contribution >= 4 is 23.7 Å². The largest absolute Gasteiger partial charge is 0.460 e. The smallest absolute Gasteiger partial charge is 0.244 e. The topological polar surface area (TPSA) is 72.4 Å². The number of nitrogens with one attached hydrogen (secondary N) is 1. The maximum atomic E-state index is 12.2. The Hall–Kier alpha value is -3.64. The van der Waals surface area contributed by atoms with Crippen LogP contribution in [0, 0.1) is 6.92 Å². The summed E-state index contributed by atoms with van der Waals surface area (Å²) in [5, 5.41) is 9.39. The second kappa shape index (κ2) is 8.80. The maximum absolute atomic E-state index is 12.2. The van der Waals surface area contributed by atoms with Crippen LogP contribution in [-0.4, -0.2) is 21.9 Å². The normalized spacial score (nSPS) is 11.1. The van der Waals surface area contributed by atoms with Crippen molar-refractivity contribution in [2.24, 2.45) is 5.10 Å². The predicted octanol–water partition coefficient (Wildman–Crippen LogP) is 4.79. The number of carbonyl (C=O) groups is 1. The molecule has 150 valence electrons. The molecule has 0 saturated carbocycles. The Labute approximate surface area is 178 Å². The van der Waals surface area contributed by atoms with Gasteiger partial charge in [0.1, 0.15) is 11.5 Å². The Balaban J connectivity index is 1.54. The number of hydrazone groups is 1. The second-order valence-corrected chi connectivity index (χ2v) is 7.16. The van der Waals surface area contributed by atoms with Crippen LogP contribution in [0.25, 0.3) is 17.1 Å². The highest BCUT2D eigenvalue weighted by atomic mass is 35.5. The van der Waals surface area contributed by atoms with E-state index in [1.165, 1.54) is 0 Å². The lowest BCUT2D eigenvalue weighted by Crippen LogP contribution is -2.19. The number of nitrogens with zero attached hydrogens (tertiary/aromatic N) is 3. The van der Waals surface area contributed by atoms with Gasteiger partial charge >= 0.3 is 0 Å². The molecule has 1 N–H and O–H groups in total. The molecule has 4 rings (SSSR count). The molecule has 2 aromatic heterocycles. The first-order valence-electron chi connectivity index (χ1n) is 9.37. The molecule has 30 heavy (non-hydrogen) atoms. The standard InChI is InChI=1S/C23H19ClN4O2/c1-16-7-12-21(30-16)23-18(15-28(27-23)20-5-3-2-4-6-20)14-25-26-22(29)13-17-8-10-19(24)11-9-17/h2-12,14-15H,13H2,1H3,(H,26,29)/b25-14-. The first-order chi connectivity index (χ1) is 14.6. The highest BCUT2D eigenvalue weighted by molar-refractivity contribution is 6.30.